The summed E-state index contributed by atoms with van der Waals surface area (Å²) in [5.41, 5.74) is 1.82. The molecular weight excluding hydrogens is 408 g/mol. The molecule has 9 nitrogen and oxygen atoms in total. The molecule has 0 spiro atoms. The first-order valence-corrected chi connectivity index (χ1v) is 10.6. The fourth-order valence-corrected chi connectivity index (χ4v) is 4.05. The van der Waals surface area contributed by atoms with Crippen molar-refractivity contribution in [1.29, 1.82) is 0 Å². The van der Waals surface area contributed by atoms with Gasteiger partial charge in [0.05, 0.1) is 5.69 Å². The lowest BCUT2D eigenvalue weighted by molar-refractivity contribution is -0.120. The highest BCUT2D eigenvalue weighted by Crippen LogP contribution is 2.32. The van der Waals surface area contributed by atoms with E-state index in [0.717, 1.165) is 30.2 Å². The van der Waals surface area contributed by atoms with Crippen LogP contribution >= 0.6 is 0 Å². The van der Waals surface area contributed by atoms with Gasteiger partial charge in [-0.1, -0.05) is 12.6 Å². The van der Waals surface area contributed by atoms with Crippen LogP contribution in [0.3, 0.4) is 0 Å². The van der Waals surface area contributed by atoms with Crippen molar-refractivity contribution in [2.75, 3.05) is 26.4 Å². The minimum Gasteiger partial charge on any atom is -0.454 e. The number of imidazole rings is 1. The first-order chi connectivity index (χ1) is 15.7. The third-order valence-corrected chi connectivity index (χ3v) is 5.64. The number of likely N-dealkylation sites (tertiary alicyclic amines) is 1. The van der Waals surface area contributed by atoms with Gasteiger partial charge >= 0.3 is 0 Å². The van der Waals surface area contributed by atoms with E-state index in [9.17, 15) is 4.79 Å². The van der Waals surface area contributed by atoms with Gasteiger partial charge < -0.3 is 14.8 Å². The maximum absolute atomic E-state index is 12.8. The molecule has 2 aromatic heterocycles. The fraction of sp³-hybridized carbons (Fsp3) is 0.304. The molecule has 32 heavy (non-hydrogen) atoms. The normalized spacial score (nSPS) is 17.8. The van der Waals surface area contributed by atoms with E-state index in [1.54, 1.807) is 23.2 Å². The van der Waals surface area contributed by atoms with E-state index in [4.69, 9.17) is 9.47 Å². The minimum absolute atomic E-state index is 0.172. The first kappa shape index (κ1) is 20.3. The Balaban J connectivity index is 1.26. The summed E-state index contributed by atoms with van der Waals surface area (Å²) in [6.07, 6.45) is 7.29. The van der Waals surface area contributed by atoms with Crippen molar-refractivity contribution in [2.45, 2.75) is 19.0 Å². The fourth-order valence-electron chi connectivity index (χ4n) is 4.05. The number of benzene rings is 1. The number of carbonyl (C=O) groups excluding carboxylic acids is 1. The van der Waals surface area contributed by atoms with Gasteiger partial charge in [-0.15, -0.1) is 0 Å². The van der Waals surface area contributed by atoms with Gasteiger partial charge in [0.2, 0.25) is 6.79 Å². The van der Waals surface area contributed by atoms with Crippen LogP contribution < -0.4 is 14.8 Å². The van der Waals surface area contributed by atoms with E-state index in [1.165, 1.54) is 0 Å². The van der Waals surface area contributed by atoms with Gasteiger partial charge in [-0.2, -0.15) is 0 Å². The molecule has 5 rings (SSSR count). The van der Waals surface area contributed by atoms with Crippen molar-refractivity contribution >= 4 is 11.9 Å². The number of ether oxygens (including phenoxy) is 2. The number of hydrogen-bond acceptors (Lipinski definition) is 8. The second-order valence-electron chi connectivity index (χ2n) is 7.70. The minimum atomic E-state index is -0.383. The second kappa shape index (κ2) is 8.89. The highest BCUT2D eigenvalue weighted by Gasteiger charge is 2.35. The van der Waals surface area contributed by atoms with E-state index < -0.39 is 0 Å². The highest BCUT2D eigenvalue weighted by molar-refractivity contribution is 5.87. The molecule has 1 saturated heterocycles. The summed E-state index contributed by atoms with van der Waals surface area (Å²) in [5.74, 6) is 2.90. The van der Waals surface area contributed by atoms with Gasteiger partial charge in [-0.25, -0.2) is 15.0 Å². The molecule has 1 aromatic carbocycles. The third-order valence-electron chi connectivity index (χ3n) is 5.64. The number of hydrogen-bond donors (Lipinski definition) is 1. The molecule has 0 bridgehead atoms. The van der Waals surface area contributed by atoms with E-state index in [-0.39, 0.29) is 18.6 Å². The zero-order valence-electron chi connectivity index (χ0n) is 17.6. The largest absolute Gasteiger partial charge is 0.454 e. The molecule has 2 aliphatic heterocycles. The van der Waals surface area contributed by atoms with E-state index in [0.29, 0.717) is 36.8 Å². The predicted octanol–water partition coefficient (Wildman–Crippen LogP) is 2.14. The van der Waals surface area contributed by atoms with Gasteiger partial charge in [-0.3, -0.25) is 14.3 Å². The van der Waals surface area contributed by atoms with Gasteiger partial charge in [0.1, 0.15) is 18.2 Å². The highest BCUT2D eigenvalue weighted by atomic mass is 16.7. The van der Waals surface area contributed by atoms with Gasteiger partial charge in [0.15, 0.2) is 23.1 Å². The molecule has 0 saturated carbocycles. The Morgan fingerprint density at radius 1 is 1.22 bits per heavy atom. The topological polar surface area (TPSA) is 94.4 Å². The summed E-state index contributed by atoms with van der Waals surface area (Å²) >= 11 is 0. The Labute approximate surface area is 185 Å². The molecule has 164 valence electrons. The lowest BCUT2D eigenvalue weighted by Crippen LogP contribution is -2.33. The third kappa shape index (κ3) is 4.12. The number of nitrogens with zero attached hydrogens (tertiary/aromatic N) is 5. The Hall–Kier alpha value is -3.56. The summed E-state index contributed by atoms with van der Waals surface area (Å²) in [7, 11) is 0. The molecule has 0 amide bonds. The average molecular weight is 432 g/mol. The van der Waals surface area contributed by atoms with Crippen LogP contribution in [0.15, 0.2) is 49.6 Å². The maximum atomic E-state index is 12.8. The molecule has 0 aliphatic carbocycles. The van der Waals surface area contributed by atoms with Crippen molar-refractivity contribution in [1.82, 2.24) is 29.7 Å². The Morgan fingerprint density at radius 3 is 2.97 bits per heavy atom. The number of nitrogens with one attached hydrogen (secondary N) is 1. The number of ketones is 1. The van der Waals surface area contributed by atoms with Gasteiger partial charge in [-0.05, 0) is 23.8 Å². The summed E-state index contributed by atoms with van der Waals surface area (Å²) in [4.78, 5) is 28.1. The number of rotatable bonds is 8. The molecule has 0 radical (unpaired) electrons. The molecular formula is C23H24N6O3. The Kier molecular flexibility index (Phi) is 5.66. The SMILES string of the molecule is C=Cc1nc(C2C(=O)CCN2CCNCc2ccc3c(c2)OCO3)cc(-n2ccnc2)n1. The zero-order chi connectivity index (χ0) is 21.9. The smallest absolute Gasteiger partial charge is 0.231 e. The first-order valence-electron chi connectivity index (χ1n) is 10.6. The predicted molar refractivity (Wildman–Crippen MR) is 117 cm³/mol. The van der Waals surface area contributed by atoms with Crippen LogP contribution in [0.4, 0.5) is 0 Å². The molecule has 1 atom stereocenters. The van der Waals surface area contributed by atoms with Crippen LogP contribution in [-0.4, -0.2) is 56.6 Å². The van der Waals surface area contributed by atoms with E-state index in [2.05, 4.69) is 31.7 Å². The van der Waals surface area contributed by atoms with Crippen molar-refractivity contribution in [3.05, 3.63) is 66.6 Å². The van der Waals surface area contributed by atoms with Crippen molar-refractivity contribution in [2.24, 2.45) is 0 Å². The standard InChI is InChI=1S/C23H24N6O3/c1-2-21-26-17(12-22(27-21)29-10-7-25-14-29)23-18(30)5-8-28(23)9-6-24-13-16-3-4-19-20(11-16)32-15-31-19/h2-4,7,10-12,14,23-24H,1,5-6,8-9,13,15H2. The van der Waals surface area contributed by atoms with Crippen LogP contribution in [0, 0.1) is 0 Å². The quantitative estimate of drug-likeness (QED) is 0.541. The maximum Gasteiger partial charge on any atom is 0.231 e. The molecule has 3 aromatic rings. The number of aromatic nitrogens is 4. The molecule has 1 N–H and O–H groups in total. The summed E-state index contributed by atoms with van der Waals surface area (Å²) < 4.78 is 12.6. The van der Waals surface area contributed by atoms with Gasteiger partial charge in [0, 0.05) is 51.1 Å². The monoisotopic (exact) mass is 432 g/mol. The molecule has 4 heterocycles. The zero-order valence-corrected chi connectivity index (χ0v) is 17.6. The van der Waals surface area contributed by atoms with Crippen LogP contribution in [0.2, 0.25) is 0 Å². The van der Waals surface area contributed by atoms with Crippen LogP contribution in [-0.2, 0) is 11.3 Å². The molecule has 9 heteroatoms. The number of carbonyl (C=O) groups is 1. The van der Waals surface area contributed by atoms with Crippen LogP contribution in [0.5, 0.6) is 11.5 Å². The van der Waals surface area contributed by atoms with E-state index >= 15 is 0 Å². The van der Waals surface area contributed by atoms with Crippen molar-refractivity contribution in [3.8, 4) is 17.3 Å². The average Bonchev–Trinajstić information content (AvgIpc) is 3.57. The number of fused-ring (bicyclic) bond motifs is 1. The summed E-state index contributed by atoms with van der Waals surface area (Å²) in [5, 5.41) is 3.45. The molecule has 1 fully saturated rings. The van der Waals surface area contributed by atoms with Crippen molar-refractivity contribution in [3.63, 3.8) is 0 Å². The van der Waals surface area contributed by atoms with Gasteiger partial charge in [0.25, 0.3) is 0 Å². The lowest BCUT2D eigenvalue weighted by atomic mass is 10.1. The van der Waals surface area contributed by atoms with Crippen LogP contribution in [0.25, 0.3) is 11.9 Å². The number of Topliss-reactive ketones (excluding diaryl/α,β-unsaturated/α-hetero) is 1. The Morgan fingerprint density at radius 2 is 2.12 bits per heavy atom. The summed E-state index contributed by atoms with van der Waals surface area (Å²) in [6.45, 7) is 6.96. The Bertz CT molecular complexity index is 1130. The van der Waals surface area contributed by atoms with Crippen LogP contribution in [0.1, 0.15) is 29.5 Å². The summed E-state index contributed by atoms with van der Waals surface area (Å²) in [6, 6.07) is 7.42. The lowest BCUT2D eigenvalue weighted by Gasteiger charge is -2.23. The molecule has 1 unspecified atom stereocenters. The molecule has 2 aliphatic rings. The van der Waals surface area contributed by atoms with Crippen molar-refractivity contribution < 1.29 is 14.3 Å². The second-order valence-corrected chi connectivity index (χ2v) is 7.70. The van der Waals surface area contributed by atoms with E-state index in [1.807, 2.05) is 30.5 Å².